The van der Waals surface area contributed by atoms with Gasteiger partial charge in [0.1, 0.15) is 11.6 Å². The summed E-state index contributed by atoms with van der Waals surface area (Å²) in [5.41, 5.74) is 5.78. The molecule has 1 atom stereocenters. The van der Waals surface area contributed by atoms with Crippen molar-refractivity contribution in [2.75, 3.05) is 5.32 Å². The summed E-state index contributed by atoms with van der Waals surface area (Å²) < 4.78 is 0. The van der Waals surface area contributed by atoms with Gasteiger partial charge in [-0.1, -0.05) is 29.3 Å². The highest BCUT2D eigenvalue weighted by atomic mass is 16.1. The Balaban J connectivity index is 1.80. The van der Waals surface area contributed by atoms with Crippen molar-refractivity contribution in [3.05, 3.63) is 74.8 Å². The van der Waals surface area contributed by atoms with Gasteiger partial charge in [0.25, 0.3) is 5.56 Å². The van der Waals surface area contributed by atoms with Crippen molar-refractivity contribution in [2.45, 2.75) is 40.7 Å². The molecule has 1 aromatic carbocycles. The summed E-state index contributed by atoms with van der Waals surface area (Å²) in [5.74, 6) is 1.33. The lowest BCUT2D eigenvalue weighted by Crippen LogP contribution is -2.14. The molecule has 0 radical (unpaired) electrons. The fourth-order valence-electron chi connectivity index (χ4n) is 2.97. The number of H-pyrrole nitrogens is 1. The summed E-state index contributed by atoms with van der Waals surface area (Å²) in [6.07, 6.45) is 1.73. The summed E-state index contributed by atoms with van der Waals surface area (Å²) in [6, 6.07) is 10.5. The van der Waals surface area contributed by atoms with E-state index in [1.54, 1.807) is 13.1 Å². The van der Waals surface area contributed by atoms with Crippen LogP contribution in [0.15, 0.2) is 41.3 Å². The summed E-state index contributed by atoms with van der Waals surface area (Å²) in [7, 11) is 0. The van der Waals surface area contributed by atoms with Crippen LogP contribution in [0.25, 0.3) is 11.4 Å². The number of benzene rings is 1. The molecule has 0 aliphatic carbocycles. The molecular formula is C21H24N4O. The number of nitrogens with one attached hydrogen (secondary N) is 2. The predicted molar refractivity (Wildman–Crippen MR) is 106 cm³/mol. The predicted octanol–water partition coefficient (Wildman–Crippen LogP) is 4.24. The van der Waals surface area contributed by atoms with Gasteiger partial charge in [-0.15, -0.1) is 0 Å². The van der Waals surface area contributed by atoms with Gasteiger partial charge in [-0.25, -0.2) is 9.97 Å². The molecule has 3 rings (SSSR count). The van der Waals surface area contributed by atoms with Crippen molar-refractivity contribution < 1.29 is 0 Å². The van der Waals surface area contributed by atoms with Crippen LogP contribution < -0.4 is 10.9 Å². The van der Waals surface area contributed by atoms with Crippen molar-refractivity contribution in [2.24, 2.45) is 0 Å². The minimum atomic E-state index is -0.113. The fourth-order valence-corrected chi connectivity index (χ4v) is 2.97. The van der Waals surface area contributed by atoms with Gasteiger partial charge in [0, 0.05) is 29.1 Å². The van der Waals surface area contributed by atoms with Gasteiger partial charge < -0.3 is 10.3 Å². The van der Waals surface area contributed by atoms with E-state index in [1.165, 1.54) is 16.7 Å². The highest BCUT2D eigenvalue weighted by molar-refractivity contribution is 5.56. The maximum absolute atomic E-state index is 11.9. The van der Waals surface area contributed by atoms with E-state index < -0.39 is 0 Å². The van der Waals surface area contributed by atoms with Crippen molar-refractivity contribution in [1.82, 2.24) is 15.0 Å². The van der Waals surface area contributed by atoms with E-state index in [-0.39, 0.29) is 11.6 Å². The maximum Gasteiger partial charge on any atom is 0.254 e. The zero-order valence-electron chi connectivity index (χ0n) is 15.8. The van der Waals surface area contributed by atoms with Crippen LogP contribution in [0.4, 0.5) is 5.82 Å². The van der Waals surface area contributed by atoms with Gasteiger partial charge in [0.2, 0.25) is 0 Å². The Morgan fingerprint density at radius 2 is 1.73 bits per heavy atom. The molecule has 5 heteroatoms. The van der Waals surface area contributed by atoms with E-state index in [0.29, 0.717) is 11.4 Å². The third-order valence-corrected chi connectivity index (χ3v) is 4.54. The van der Waals surface area contributed by atoms with Gasteiger partial charge in [-0.05, 0) is 52.3 Å². The minimum absolute atomic E-state index is 0.113. The quantitative estimate of drug-likeness (QED) is 0.740. The van der Waals surface area contributed by atoms with E-state index in [2.05, 4.69) is 59.2 Å². The number of rotatable bonds is 4. The molecular weight excluding hydrogens is 324 g/mol. The first-order chi connectivity index (χ1) is 12.3. The van der Waals surface area contributed by atoms with Crippen LogP contribution >= 0.6 is 0 Å². The first kappa shape index (κ1) is 17.9. The largest absolute Gasteiger partial charge is 0.364 e. The molecule has 2 heterocycles. The van der Waals surface area contributed by atoms with Crippen LogP contribution in [0.2, 0.25) is 0 Å². The van der Waals surface area contributed by atoms with Crippen LogP contribution in [0.3, 0.4) is 0 Å². The number of hydrogen-bond acceptors (Lipinski definition) is 4. The highest BCUT2D eigenvalue weighted by Gasteiger charge is 2.09. The summed E-state index contributed by atoms with van der Waals surface area (Å²) in [4.78, 5) is 23.7. The molecule has 0 bridgehead atoms. The second kappa shape index (κ2) is 7.12. The molecule has 0 spiro atoms. The van der Waals surface area contributed by atoms with Gasteiger partial charge in [-0.3, -0.25) is 4.79 Å². The molecule has 134 valence electrons. The standard InChI is InChI=1S/C21H24N4O/c1-12-8-13(2)10-18(9-12)16(5)23-19-7-6-17(11-22-19)20-24-15(4)14(3)21(26)25-20/h6-11,16H,1-5H3,(H,22,23)(H,24,25,26). The Kier molecular flexibility index (Phi) is 4.89. The van der Waals surface area contributed by atoms with Crippen molar-refractivity contribution >= 4 is 5.82 Å². The van der Waals surface area contributed by atoms with E-state index >= 15 is 0 Å². The maximum atomic E-state index is 11.9. The van der Waals surface area contributed by atoms with E-state index in [1.807, 2.05) is 19.1 Å². The molecule has 0 saturated heterocycles. The fraction of sp³-hybridized carbons (Fsp3) is 0.286. The topological polar surface area (TPSA) is 70.7 Å². The molecule has 0 aliphatic rings. The number of aryl methyl sites for hydroxylation is 3. The summed E-state index contributed by atoms with van der Waals surface area (Å²) >= 11 is 0. The molecule has 0 amide bonds. The number of anilines is 1. The van der Waals surface area contributed by atoms with Crippen LogP contribution in [0.1, 0.15) is 40.9 Å². The third kappa shape index (κ3) is 3.82. The van der Waals surface area contributed by atoms with E-state index in [9.17, 15) is 4.79 Å². The van der Waals surface area contributed by atoms with Crippen LogP contribution in [0.5, 0.6) is 0 Å². The lowest BCUT2D eigenvalue weighted by atomic mass is 10.0. The second-order valence-corrected chi connectivity index (χ2v) is 6.84. The number of nitrogens with zero attached hydrogens (tertiary/aromatic N) is 2. The Morgan fingerprint density at radius 3 is 2.31 bits per heavy atom. The highest BCUT2D eigenvalue weighted by Crippen LogP contribution is 2.22. The molecule has 2 N–H and O–H groups in total. The second-order valence-electron chi connectivity index (χ2n) is 6.84. The molecule has 3 aromatic rings. The number of pyridine rings is 1. The molecule has 0 saturated carbocycles. The number of aromatic nitrogens is 3. The smallest absolute Gasteiger partial charge is 0.254 e. The Hall–Kier alpha value is -2.95. The Morgan fingerprint density at radius 1 is 1.04 bits per heavy atom. The van der Waals surface area contributed by atoms with Crippen molar-refractivity contribution in [3.63, 3.8) is 0 Å². The molecule has 0 aliphatic heterocycles. The summed E-state index contributed by atoms with van der Waals surface area (Å²) in [6.45, 7) is 9.93. The monoisotopic (exact) mass is 348 g/mol. The number of hydrogen-bond donors (Lipinski definition) is 2. The SMILES string of the molecule is Cc1cc(C)cc(C(C)Nc2ccc(-c3nc(C)c(C)c(=O)[nH]3)cn2)c1. The lowest BCUT2D eigenvalue weighted by Gasteiger charge is -2.16. The van der Waals surface area contributed by atoms with E-state index in [4.69, 9.17) is 0 Å². The van der Waals surface area contributed by atoms with Crippen LogP contribution in [-0.2, 0) is 0 Å². The van der Waals surface area contributed by atoms with Gasteiger partial charge >= 0.3 is 0 Å². The molecule has 26 heavy (non-hydrogen) atoms. The average molecular weight is 348 g/mol. The third-order valence-electron chi connectivity index (χ3n) is 4.54. The first-order valence-electron chi connectivity index (χ1n) is 8.72. The van der Waals surface area contributed by atoms with E-state index in [0.717, 1.165) is 17.1 Å². The molecule has 0 fully saturated rings. The van der Waals surface area contributed by atoms with Gasteiger partial charge in [-0.2, -0.15) is 0 Å². The normalized spacial score (nSPS) is 12.0. The van der Waals surface area contributed by atoms with Crippen molar-refractivity contribution in [1.29, 1.82) is 0 Å². The molecule has 2 aromatic heterocycles. The Labute approximate surface area is 153 Å². The van der Waals surface area contributed by atoms with Gasteiger partial charge in [0.15, 0.2) is 0 Å². The first-order valence-corrected chi connectivity index (χ1v) is 8.72. The zero-order valence-corrected chi connectivity index (χ0v) is 15.8. The Bertz CT molecular complexity index is 970. The van der Waals surface area contributed by atoms with Crippen LogP contribution in [-0.4, -0.2) is 15.0 Å². The lowest BCUT2D eigenvalue weighted by molar-refractivity contribution is 0.871. The average Bonchev–Trinajstić information content (AvgIpc) is 2.59. The number of aromatic amines is 1. The van der Waals surface area contributed by atoms with Gasteiger partial charge in [0.05, 0.1) is 0 Å². The summed E-state index contributed by atoms with van der Waals surface area (Å²) in [5, 5.41) is 3.42. The zero-order chi connectivity index (χ0) is 18.8. The van der Waals surface area contributed by atoms with Crippen LogP contribution in [0, 0.1) is 27.7 Å². The van der Waals surface area contributed by atoms with Crippen molar-refractivity contribution in [3.8, 4) is 11.4 Å². The molecule has 5 nitrogen and oxygen atoms in total. The minimum Gasteiger partial charge on any atom is -0.364 e. The molecule has 1 unspecified atom stereocenters.